The molecule has 0 N–H and O–H groups in total. The van der Waals surface area contributed by atoms with Crippen molar-refractivity contribution in [1.29, 1.82) is 0 Å². The van der Waals surface area contributed by atoms with E-state index in [1.165, 1.54) is 14.0 Å². The van der Waals surface area contributed by atoms with Gasteiger partial charge >= 0.3 is 5.97 Å². The highest BCUT2D eigenvalue weighted by molar-refractivity contribution is 5.95. The van der Waals surface area contributed by atoms with Gasteiger partial charge in [0, 0.05) is 12.8 Å². The lowest BCUT2D eigenvalue weighted by atomic mass is 10.1. The second-order valence-corrected chi connectivity index (χ2v) is 2.85. The predicted molar refractivity (Wildman–Crippen MR) is 46.2 cm³/mol. The molecule has 0 saturated heterocycles. The van der Waals surface area contributed by atoms with Crippen LogP contribution in [0.3, 0.4) is 0 Å². The third-order valence-electron chi connectivity index (χ3n) is 1.55. The molecule has 0 fully saturated rings. The number of rotatable bonds is 6. The summed E-state index contributed by atoms with van der Waals surface area (Å²) in [4.78, 5) is 32.1. The second kappa shape index (κ2) is 6.34. The zero-order valence-corrected chi connectivity index (χ0v) is 7.96. The minimum Gasteiger partial charge on any atom is -0.469 e. The van der Waals surface area contributed by atoms with Crippen LogP contribution in [0, 0.1) is 0 Å². The van der Waals surface area contributed by atoms with Crippen LogP contribution in [0.4, 0.5) is 0 Å². The summed E-state index contributed by atoms with van der Waals surface area (Å²) in [5.41, 5.74) is 0. The molecule has 4 nitrogen and oxygen atoms in total. The van der Waals surface area contributed by atoms with Crippen molar-refractivity contribution < 1.29 is 19.1 Å². The largest absolute Gasteiger partial charge is 0.469 e. The van der Waals surface area contributed by atoms with E-state index in [1.807, 2.05) is 0 Å². The van der Waals surface area contributed by atoms with Gasteiger partial charge in [-0.3, -0.25) is 9.59 Å². The SMILES string of the molecule is COC(=O)CC(=O)CCCC(C)=O. The Labute approximate surface area is 77.3 Å². The van der Waals surface area contributed by atoms with Crippen molar-refractivity contribution in [2.45, 2.75) is 32.6 Å². The molecule has 0 heterocycles. The first-order valence-corrected chi connectivity index (χ1v) is 4.14. The summed E-state index contributed by atoms with van der Waals surface area (Å²) in [6, 6.07) is 0. The van der Waals surface area contributed by atoms with Crippen LogP contribution in [0.5, 0.6) is 0 Å². The average Bonchev–Trinajstić information content (AvgIpc) is 2.03. The van der Waals surface area contributed by atoms with Crippen molar-refractivity contribution in [3.8, 4) is 0 Å². The first-order chi connectivity index (χ1) is 6.06. The van der Waals surface area contributed by atoms with Crippen LogP contribution in [0.15, 0.2) is 0 Å². The zero-order valence-electron chi connectivity index (χ0n) is 7.96. The molecule has 74 valence electrons. The standard InChI is InChI=1S/C9H14O4/c1-7(10)4-3-5-8(11)6-9(12)13-2/h3-6H2,1-2H3. The normalized spacial score (nSPS) is 9.38. The highest BCUT2D eigenvalue weighted by atomic mass is 16.5. The van der Waals surface area contributed by atoms with Crippen LogP contribution in [-0.2, 0) is 19.1 Å². The summed E-state index contributed by atoms with van der Waals surface area (Å²) in [6.07, 6.45) is 1.00. The van der Waals surface area contributed by atoms with Gasteiger partial charge in [-0.05, 0) is 13.3 Å². The van der Waals surface area contributed by atoms with Crippen molar-refractivity contribution in [2.24, 2.45) is 0 Å². The Morgan fingerprint density at radius 3 is 2.23 bits per heavy atom. The van der Waals surface area contributed by atoms with Gasteiger partial charge in [0.05, 0.1) is 7.11 Å². The fourth-order valence-corrected chi connectivity index (χ4v) is 0.856. The predicted octanol–water partition coefficient (Wildman–Crippen LogP) is 0.878. The number of hydrogen-bond donors (Lipinski definition) is 0. The molecule has 0 saturated carbocycles. The fourth-order valence-electron chi connectivity index (χ4n) is 0.856. The molecule has 0 bridgehead atoms. The Morgan fingerprint density at radius 2 is 1.77 bits per heavy atom. The number of ether oxygens (including phenoxy) is 1. The number of methoxy groups -OCH3 is 1. The highest BCUT2D eigenvalue weighted by Crippen LogP contribution is 2.00. The first-order valence-electron chi connectivity index (χ1n) is 4.14. The Balaban J connectivity index is 3.52. The molecular formula is C9H14O4. The van der Waals surface area contributed by atoms with Gasteiger partial charge in [0.25, 0.3) is 0 Å². The molecule has 0 aromatic heterocycles. The first kappa shape index (κ1) is 11.8. The van der Waals surface area contributed by atoms with Crippen molar-refractivity contribution >= 4 is 17.5 Å². The van der Waals surface area contributed by atoms with Gasteiger partial charge in [-0.1, -0.05) is 0 Å². The molecular weight excluding hydrogens is 172 g/mol. The molecule has 4 heteroatoms. The molecule has 0 aromatic carbocycles. The van der Waals surface area contributed by atoms with Crippen LogP contribution in [-0.4, -0.2) is 24.6 Å². The van der Waals surface area contributed by atoms with E-state index in [4.69, 9.17) is 0 Å². The molecule has 0 aliphatic carbocycles. The number of hydrogen-bond acceptors (Lipinski definition) is 4. The van der Waals surface area contributed by atoms with Crippen molar-refractivity contribution in [3.63, 3.8) is 0 Å². The lowest BCUT2D eigenvalue weighted by molar-refractivity contribution is -0.143. The topological polar surface area (TPSA) is 60.4 Å². The summed E-state index contributed by atoms with van der Waals surface area (Å²) < 4.78 is 4.32. The molecule has 0 aliphatic heterocycles. The monoisotopic (exact) mass is 186 g/mol. The Hall–Kier alpha value is -1.19. The van der Waals surface area contributed by atoms with E-state index in [0.29, 0.717) is 12.8 Å². The van der Waals surface area contributed by atoms with Gasteiger partial charge < -0.3 is 9.53 Å². The van der Waals surface area contributed by atoms with Crippen LogP contribution in [0.25, 0.3) is 0 Å². The maximum Gasteiger partial charge on any atom is 0.313 e. The van der Waals surface area contributed by atoms with E-state index in [-0.39, 0.29) is 24.4 Å². The van der Waals surface area contributed by atoms with Crippen LogP contribution in [0.1, 0.15) is 32.6 Å². The molecule has 0 atom stereocenters. The molecule has 0 amide bonds. The summed E-state index contributed by atoms with van der Waals surface area (Å²) in [5, 5.41) is 0. The van der Waals surface area contributed by atoms with Crippen molar-refractivity contribution in [2.75, 3.05) is 7.11 Å². The number of esters is 1. The molecule has 0 spiro atoms. The molecule has 0 unspecified atom stereocenters. The molecule has 0 aromatic rings. The number of carbonyl (C=O) groups is 3. The van der Waals surface area contributed by atoms with Gasteiger partial charge in [-0.2, -0.15) is 0 Å². The van der Waals surface area contributed by atoms with Gasteiger partial charge in [0.1, 0.15) is 18.0 Å². The molecule has 0 rings (SSSR count). The zero-order chi connectivity index (χ0) is 10.3. The van der Waals surface area contributed by atoms with E-state index in [1.54, 1.807) is 0 Å². The van der Waals surface area contributed by atoms with Crippen molar-refractivity contribution in [1.82, 2.24) is 0 Å². The van der Waals surface area contributed by atoms with Crippen LogP contribution < -0.4 is 0 Å². The number of Topliss-reactive ketones (excluding diaryl/α,β-unsaturated/α-hetero) is 2. The minimum absolute atomic E-state index is 0.0610. The van der Waals surface area contributed by atoms with E-state index in [0.717, 1.165) is 0 Å². The second-order valence-electron chi connectivity index (χ2n) is 2.85. The maximum absolute atomic E-state index is 11.0. The summed E-state index contributed by atoms with van der Waals surface area (Å²) >= 11 is 0. The fraction of sp³-hybridized carbons (Fsp3) is 0.667. The quantitative estimate of drug-likeness (QED) is 0.456. The third kappa shape index (κ3) is 7.18. The van der Waals surface area contributed by atoms with Gasteiger partial charge in [-0.25, -0.2) is 0 Å². The summed E-state index contributed by atoms with van der Waals surface area (Å²) in [7, 11) is 1.24. The maximum atomic E-state index is 11.0. The number of ketones is 2. The van der Waals surface area contributed by atoms with Gasteiger partial charge in [-0.15, -0.1) is 0 Å². The van der Waals surface area contributed by atoms with Gasteiger partial charge in [0.15, 0.2) is 0 Å². The Morgan fingerprint density at radius 1 is 1.15 bits per heavy atom. The lowest BCUT2D eigenvalue weighted by Gasteiger charge is -1.98. The molecule has 0 radical (unpaired) electrons. The van der Waals surface area contributed by atoms with E-state index >= 15 is 0 Å². The lowest BCUT2D eigenvalue weighted by Crippen LogP contribution is -2.09. The van der Waals surface area contributed by atoms with Crippen molar-refractivity contribution in [3.05, 3.63) is 0 Å². The van der Waals surface area contributed by atoms with Gasteiger partial charge in [0.2, 0.25) is 0 Å². The van der Waals surface area contributed by atoms with Crippen LogP contribution in [0.2, 0.25) is 0 Å². The minimum atomic E-state index is -0.521. The Kier molecular flexibility index (Phi) is 5.76. The average molecular weight is 186 g/mol. The third-order valence-corrected chi connectivity index (χ3v) is 1.55. The smallest absolute Gasteiger partial charge is 0.313 e. The highest BCUT2D eigenvalue weighted by Gasteiger charge is 2.08. The molecule has 0 aliphatic rings. The van der Waals surface area contributed by atoms with E-state index < -0.39 is 5.97 Å². The number of carbonyl (C=O) groups excluding carboxylic acids is 3. The Bertz CT molecular complexity index is 208. The molecule has 13 heavy (non-hydrogen) atoms. The van der Waals surface area contributed by atoms with E-state index in [9.17, 15) is 14.4 Å². The summed E-state index contributed by atoms with van der Waals surface area (Å²) in [5.74, 6) is -0.633. The van der Waals surface area contributed by atoms with E-state index in [2.05, 4.69) is 4.74 Å². The van der Waals surface area contributed by atoms with Crippen LogP contribution >= 0.6 is 0 Å². The summed E-state index contributed by atoms with van der Waals surface area (Å²) in [6.45, 7) is 1.48.